The fourth-order valence-electron chi connectivity index (χ4n) is 1.04. The number of aryl methyl sites for hydroxylation is 1. The molecule has 4 nitrogen and oxygen atoms in total. The zero-order valence-corrected chi connectivity index (χ0v) is 7.57. The number of aromatic nitrogens is 1. The van der Waals surface area contributed by atoms with Crippen LogP contribution in [-0.2, 0) is 6.42 Å². The number of carboxylic acid groups (broad SMARTS) is 1. The fourth-order valence-corrected chi connectivity index (χ4v) is 1.04. The third kappa shape index (κ3) is 1.96. The molecule has 70 valence electrons. The molecule has 0 fully saturated rings. The zero-order chi connectivity index (χ0) is 9.84. The van der Waals surface area contributed by atoms with E-state index >= 15 is 0 Å². The molecule has 1 rings (SSSR count). The van der Waals surface area contributed by atoms with E-state index in [4.69, 9.17) is 9.84 Å². The van der Waals surface area contributed by atoms with Crippen LogP contribution in [0, 0.1) is 0 Å². The van der Waals surface area contributed by atoms with Gasteiger partial charge in [-0.25, -0.2) is 9.78 Å². The van der Waals surface area contributed by atoms with E-state index < -0.39 is 5.97 Å². The molecular weight excluding hydrogens is 170 g/mol. The Hall–Kier alpha value is -1.58. The summed E-state index contributed by atoms with van der Waals surface area (Å²) < 4.78 is 5.02. The summed E-state index contributed by atoms with van der Waals surface area (Å²) >= 11 is 0. The van der Waals surface area contributed by atoms with E-state index in [0.29, 0.717) is 5.75 Å². The Morgan fingerprint density at radius 2 is 2.38 bits per heavy atom. The number of pyridine rings is 1. The van der Waals surface area contributed by atoms with Gasteiger partial charge in [0, 0.05) is 17.8 Å². The van der Waals surface area contributed by atoms with Crippen molar-refractivity contribution in [2.24, 2.45) is 0 Å². The van der Waals surface area contributed by atoms with Crippen molar-refractivity contribution in [2.45, 2.75) is 13.3 Å². The van der Waals surface area contributed by atoms with Gasteiger partial charge in [0.05, 0.1) is 7.11 Å². The van der Waals surface area contributed by atoms with Crippen LogP contribution in [0.15, 0.2) is 12.3 Å². The number of hydrogen-bond donors (Lipinski definition) is 1. The maximum Gasteiger partial charge on any atom is 0.354 e. The molecule has 0 amide bonds. The van der Waals surface area contributed by atoms with E-state index in [-0.39, 0.29) is 5.69 Å². The Bertz CT molecular complexity index is 323. The number of aromatic carboxylic acids is 1. The molecule has 1 heterocycles. The Morgan fingerprint density at radius 1 is 1.69 bits per heavy atom. The molecule has 0 unspecified atom stereocenters. The predicted molar refractivity (Wildman–Crippen MR) is 47.1 cm³/mol. The first kappa shape index (κ1) is 9.51. The van der Waals surface area contributed by atoms with Gasteiger partial charge in [-0.2, -0.15) is 0 Å². The molecule has 1 aromatic rings. The summed E-state index contributed by atoms with van der Waals surface area (Å²) in [5.41, 5.74) is 0.918. The van der Waals surface area contributed by atoms with Crippen LogP contribution in [-0.4, -0.2) is 23.2 Å². The van der Waals surface area contributed by atoms with Gasteiger partial charge in [-0.15, -0.1) is 0 Å². The standard InChI is InChI=1S/C9H11NO3/c1-3-6-5-10-7(9(11)12)4-8(6)13-2/h4-5H,3H2,1-2H3,(H,11,12). The van der Waals surface area contributed by atoms with Gasteiger partial charge in [-0.3, -0.25) is 0 Å². The highest BCUT2D eigenvalue weighted by Crippen LogP contribution is 2.18. The van der Waals surface area contributed by atoms with E-state index in [0.717, 1.165) is 12.0 Å². The highest BCUT2D eigenvalue weighted by atomic mass is 16.5. The topological polar surface area (TPSA) is 59.4 Å². The summed E-state index contributed by atoms with van der Waals surface area (Å²) in [5.74, 6) is -0.462. The van der Waals surface area contributed by atoms with Gasteiger partial charge in [0.2, 0.25) is 0 Å². The van der Waals surface area contributed by atoms with Gasteiger partial charge in [0.25, 0.3) is 0 Å². The number of hydrogen-bond acceptors (Lipinski definition) is 3. The lowest BCUT2D eigenvalue weighted by molar-refractivity contribution is 0.0690. The van der Waals surface area contributed by atoms with Crippen LogP contribution in [0.5, 0.6) is 5.75 Å². The minimum Gasteiger partial charge on any atom is -0.496 e. The van der Waals surface area contributed by atoms with E-state index in [1.807, 2.05) is 6.92 Å². The van der Waals surface area contributed by atoms with Gasteiger partial charge in [0.1, 0.15) is 5.75 Å². The largest absolute Gasteiger partial charge is 0.496 e. The van der Waals surface area contributed by atoms with Gasteiger partial charge in [0.15, 0.2) is 5.69 Å². The summed E-state index contributed by atoms with van der Waals surface area (Å²) in [6.45, 7) is 1.96. The number of rotatable bonds is 3. The molecule has 0 aromatic carbocycles. The minimum atomic E-state index is -1.04. The SMILES string of the molecule is CCc1cnc(C(=O)O)cc1OC. The lowest BCUT2D eigenvalue weighted by atomic mass is 10.2. The highest BCUT2D eigenvalue weighted by molar-refractivity contribution is 5.85. The van der Waals surface area contributed by atoms with E-state index in [1.165, 1.54) is 19.4 Å². The second kappa shape index (κ2) is 3.89. The molecule has 0 radical (unpaired) electrons. The number of nitrogens with zero attached hydrogens (tertiary/aromatic N) is 1. The lowest BCUT2D eigenvalue weighted by Crippen LogP contribution is -2.02. The van der Waals surface area contributed by atoms with Crippen molar-refractivity contribution >= 4 is 5.97 Å². The molecule has 0 atom stereocenters. The van der Waals surface area contributed by atoms with E-state index in [2.05, 4.69) is 4.98 Å². The van der Waals surface area contributed by atoms with Crippen molar-refractivity contribution in [3.8, 4) is 5.75 Å². The third-order valence-electron chi connectivity index (χ3n) is 1.76. The molecule has 0 saturated carbocycles. The monoisotopic (exact) mass is 181 g/mol. The highest BCUT2D eigenvalue weighted by Gasteiger charge is 2.08. The van der Waals surface area contributed by atoms with Crippen LogP contribution in [0.3, 0.4) is 0 Å². The lowest BCUT2D eigenvalue weighted by Gasteiger charge is -2.05. The molecule has 0 saturated heterocycles. The van der Waals surface area contributed by atoms with Gasteiger partial charge < -0.3 is 9.84 Å². The van der Waals surface area contributed by atoms with Crippen molar-refractivity contribution in [2.75, 3.05) is 7.11 Å². The molecular formula is C9H11NO3. The molecule has 0 aliphatic rings. The number of carboxylic acids is 1. The fraction of sp³-hybridized carbons (Fsp3) is 0.333. The Morgan fingerprint density at radius 3 is 2.85 bits per heavy atom. The van der Waals surface area contributed by atoms with Crippen LogP contribution >= 0.6 is 0 Å². The van der Waals surface area contributed by atoms with Crippen LogP contribution < -0.4 is 4.74 Å². The first-order valence-corrected chi connectivity index (χ1v) is 3.95. The summed E-state index contributed by atoms with van der Waals surface area (Å²) in [6, 6.07) is 1.43. The molecule has 13 heavy (non-hydrogen) atoms. The first-order chi connectivity index (χ1) is 6.19. The van der Waals surface area contributed by atoms with Gasteiger partial charge in [-0.05, 0) is 6.42 Å². The number of carbonyl (C=O) groups is 1. The molecule has 0 aliphatic heterocycles. The van der Waals surface area contributed by atoms with Crippen LogP contribution in [0.2, 0.25) is 0 Å². The molecule has 0 spiro atoms. The molecule has 0 aliphatic carbocycles. The molecule has 1 aromatic heterocycles. The second-order valence-corrected chi connectivity index (χ2v) is 2.54. The summed E-state index contributed by atoms with van der Waals surface area (Å²) in [7, 11) is 1.51. The molecule has 0 bridgehead atoms. The van der Waals surface area contributed by atoms with Crippen molar-refractivity contribution in [3.63, 3.8) is 0 Å². The number of methoxy groups -OCH3 is 1. The van der Waals surface area contributed by atoms with Gasteiger partial charge in [-0.1, -0.05) is 6.92 Å². The van der Waals surface area contributed by atoms with Crippen molar-refractivity contribution in [1.29, 1.82) is 0 Å². The van der Waals surface area contributed by atoms with Crippen LogP contribution in [0.4, 0.5) is 0 Å². The maximum absolute atomic E-state index is 10.6. The van der Waals surface area contributed by atoms with E-state index in [1.54, 1.807) is 0 Å². The average Bonchev–Trinajstić information content (AvgIpc) is 2.16. The normalized spacial score (nSPS) is 9.69. The van der Waals surface area contributed by atoms with Crippen molar-refractivity contribution < 1.29 is 14.6 Å². The summed E-state index contributed by atoms with van der Waals surface area (Å²) in [6.07, 6.45) is 2.30. The maximum atomic E-state index is 10.6. The van der Waals surface area contributed by atoms with Crippen molar-refractivity contribution in [1.82, 2.24) is 4.98 Å². The molecule has 1 N–H and O–H groups in total. The predicted octanol–water partition coefficient (Wildman–Crippen LogP) is 1.35. The summed E-state index contributed by atoms with van der Waals surface area (Å²) in [4.78, 5) is 14.3. The second-order valence-electron chi connectivity index (χ2n) is 2.54. The van der Waals surface area contributed by atoms with Crippen molar-refractivity contribution in [3.05, 3.63) is 23.5 Å². The Labute approximate surface area is 76.2 Å². The third-order valence-corrected chi connectivity index (χ3v) is 1.76. The Balaban J connectivity index is 3.13. The smallest absolute Gasteiger partial charge is 0.354 e. The van der Waals surface area contributed by atoms with Gasteiger partial charge >= 0.3 is 5.97 Å². The molecule has 4 heteroatoms. The average molecular weight is 181 g/mol. The number of ether oxygens (including phenoxy) is 1. The quantitative estimate of drug-likeness (QED) is 0.764. The minimum absolute atomic E-state index is 0.00838. The zero-order valence-electron chi connectivity index (χ0n) is 7.57. The van der Waals surface area contributed by atoms with Crippen LogP contribution in [0.25, 0.3) is 0 Å². The Kier molecular flexibility index (Phi) is 2.84. The van der Waals surface area contributed by atoms with E-state index in [9.17, 15) is 4.79 Å². The first-order valence-electron chi connectivity index (χ1n) is 3.95. The summed E-state index contributed by atoms with van der Waals surface area (Å²) in [5, 5.41) is 8.65. The van der Waals surface area contributed by atoms with Crippen LogP contribution in [0.1, 0.15) is 23.0 Å².